The number of aliphatic hydroxyl groups excluding tert-OH is 1. The number of hydrogen-bond acceptors (Lipinski definition) is 5. The summed E-state index contributed by atoms with van der Waals surface area (Å²) in [6.07, 6.45) is 0.557. The van der Waals surface area contributed by atoms with E-state index in [1.165, 1.54) is 9.80 Å². The van der Waals surface area contributed by atoms with E-state index in [4.69, 9.17) is 11.6 Å². The number of carbonyl (C=O) groups is 3. The quantitative estimate of drug-likeness (QED) is 0.427. The molecule has 0 aromatic heterocycles. The molecule has 2 heterocycles. The first-order valence-electron chi connectivity index (χ1n) is 10.3. The number of benzene rings is 2. The maximum absolute atomic E-state index is 13.8. The van der Waals surface area contributed by atoms with Gasteiger partial charge in [0.2, 0.25) is 0 Å². The highest BCUT2D eigenvalue weighted by atomic mass is 35.5. The Morgan fingerprint density at radius 2 is 1.72 bits per heavy atom. The zero-order chi connectivity index (χ0) is 23.2. The predicted octanol–water partition coefficient (Wildman–Crippen LogP) is 2.84. The number of aliphatic hydroxyl groups is 1. The third kappa shape index (κ3) is 3.12. The normalized spacial score (nSPS) is 21.8. The van der Waals surface area contributed by atoms with Crippen LogP contribution in [0.1, 0.15) is 17.5 Å². The molecule has 166 valence electrons. The molecule has 4 rings (SSSR count). The van der Waals surface area contributed by atoms with Gasteiger partial charge in [-0.2, -0.15) is 0 Å². The summed E-state index contributed by atoms with van der Waals surface area (Å²) >= 11 is 5.97. The van der Waals surface area contributed by atoms with E-state index in [2.05, 4.69) is 0 Å². The van der Waals surface area contributed by atoms with Crippen molar-refractivity contribution < 1.29 is 19.5 Å². The summed E-state index contributed by atoms with van der Waals surface area (Å²) < 4.78 is 0. The molecule has 1 atom stereocenters. The summed E-state index contributed by atoms with van der Waals surface area (Å²) in [7, 11) is 5.43. The molecule has 8 heteroatoms. The van der Waals surface area contributed by atoms with Gasteiger partial charge in [0.1, 0.15) is 5.76 Å². The minimum Gasteiger partial charge on any atom is -0.507 e. The van der Waals surface area contributed by atoms with Gasteiger partial charge in [-0.05, 0) is 57.4 Å². The summed E-state index contributed by atoms with van der Waals surface area (Å²) in [6, 6.07) is 13.3. The van der Waals surface area contributed by atoms with Crippen LogP contribution in [0.5, 0.6) is 0 Å². The monoisotopic (exact) mass is 453 g/mol. The number of amides is 2. The van der Waals surface area contributed by atoms with Gasteiger partial charge in [-0.15, -0.1) is 0 Å². The van der Waals surface area contributed by atoms with Crippen LogP contribution in [0.15, 0.2) is 54.1 Å². The number of likely N-dealkylation sites (tertiary alicyclic amines) is 1. The highest BCUT2D eigenvalue weighted by Crippen LogP contribution is 2.53. The summed E-state index contributed by atoms with van der Waals surface area (Å²) in [5.74, 6) is -2.51. The molecule has 2 amide bonds. The van der Waals surface area contributed by atoms with Gasteiger partial charge in [-0.3, -0.25) is 14.4 Å². The zero-order valence-corrected chi connectivity index (χ0v) is 18.9. The SMILES string of the molecule is CN(C)CCCN1C(=O)C(=O)C(=C(O)c2ccc(Cl)cc2)C12C(=O)N(C)c1ccccc12. The largest absolute Gasteiger partial charge is 0.507 e. The Labute approximate surface area is 191 Å². The fourth-order valence-corrected chi connectivity index (χ4v) is 4.69. The van der Waals surface area contributed by atoms with Crippen LogP contribution in [0.4, 0.5) is 5.69 Å². The van der Waals surface area contributed by atoms with Crippen molar-refractivity contribution in [2.45, 2.75) is 12.0 Å². The van der Waals surface area contributed by atoms with Crippen molar-refractivity contribution in [1.82, 2.24) is 9.80 Å². The van der Waals surface area contributed by atoms with Crippen molar-refractivity contribution in [2.75, 3.05) is 39.1 Å². The lowest BCUT2D eigenvalue weighted by molar-refractivity contribution is -0.143. The smallest absolute Gasteiger partial charge is 0.296 e. The summed E-state index contributed by atoms with van der Waals surface area (Å²) in [4.78, 5) is 45.0. The fraction of sp³-hybridized carbons (Fsp3) is 0.292. The molecule has 0 aliphatic carbocycles. The van der Waals surface area contributed by atoms with Crippen molar-refractivity contribution in [3.63, 3.8) is 0 Å². The van der Waals surface area contributed by atoms with E-state index in [1.807, 2.05) is 19.0 Å². The molecule has 1 fully saturated rings. The summed E-state index contributed by atoms with van der Waals surface area (Å²) in [5, 5.41) is 11.7. The second kappa shape index (κ2) is 8.07. The summed E-state index contributed by atoms with van der Waals surface area (Å²) in [6.45, 7) is 0.857. The second-order valence-corrected chi connectivity index (χ2v) is 8.70. The number of ketones is 1. The number of carbonyl (C=O) groups excluding carboxylic acids is 3. The lowest BCUT2D eigenvalue weighted by atomic mass is 9.82. The number of Topliss-reactive ketones (excluding diaryl/α,β-unsaturated/α-hetero) is 1. The lowest BCUT2D eigenvalue weighted by Gasteiger charge is -2.34. The van der Waals surface area contributed by atoms with Gasteiger partial charge in [-0.1, -0.05) is 29.8 Å². The van der Waals surface area contributed by atoms with Crippen LogP contribution in [0, 0.1) is 0 Å². The van der Waals surface area contributed by atoms with Crippen molar-refractivity contribution in [1.29, 1.82) is 0 Å². The van der Waals surface area contributed by atoms with Crippen LogP contribution in [-0.4, -0.2) is 66.7 Å². The second-order valence-electron chi connectivity index (χ2n) is 8.26. The van der Waals surface area contributed by atoms with E-state index in [0.717, 1.165) is 0 Å². The molecular formula is C24H24ClN3O4. The molecule has 2 aliphatic rings. The van der Waals surface area contributed by atoms with E-state index in [9.17, 15) is 19.5 Å². The molecule has 7 nitrogen and oxygen atoms in total. The van der Waals surface area contributed by atoms with Crippen molar-refractivity contribution >= 4 is 40.6 Å². The van der Waals surface area contributed by atoms with E-state index in [1.54, 1.807) is 55.6 Å². The molecule has 1 unspecified atom stereocenters. The molecule has 1 saturated heterocycles. The summed E-state index contributed by atoms with van der Waals surface area (Å²) in [5.41, 5.74) is -0.516. The molecule has 2 aromatic carbocycles. The molecule has 0 radical (unpaired) electrons. The average Bonchev–Trinajstić information content (AvgIpc) is 3.13. The molecule has 2 aliphatic heterocycles. The molecule has 1 spiro atoms. The number of halogens is 1. The van der Waals surface area contributed by atoms with Gasteiger partial charge in [-0.25, -0.2) is 0 Å². The number of likely N-dealkylation sites (N-methyl/N-ethyl adjacent to an activating group) is 1. The van der Waals surface area contributed by atoms with Gasteiger partial charge < -0.3 is 19.8 Å². The van der Waals surface area contributed by atoms with Crippen LogP contribution in [0.3, 0.4) is 0 Å². The molecule has 32 heavy (non-hydrogen) atoms. The highest BCUT2D eigenvalue weighted by Gasteiger charge is 2.66. The van der Waals surface area contributed by atoms with Crippen LogP contribution in [0.2, 0.25) is 5.02 Å². The number of nitrogens with zero attached hydrogens (tertiary/aromatic N) is 3. The zero-order valence-electron chi connectivity index (χ0n) is 18.1. The molecule has 0 saturated carbocycles. The Bertz CT molecular complexity index is 1140. The van der Waals surface area contributed by atoms with Gasteiger partial charge in [0, 0.05) is 35.4 Å². The van der Waals surface area contributed by atoms with Crippen LogP contribution in [-0.2, 0) is 19.9 Å². The topological polar surface area (TPSA) is 81.2 Å². The Balaban J connectivity index is 1.98. The standard InChI is InChI=1S/C24H24ClN3O4/c1-26(2)13-6-14-28-22(31)21(30)19(20(29)15-9-11-16(25)12-10-15)24(28)17-7-4-5-8-18(17)27(3)23(24)32/h4-5,7-12,29H,6,13-14H2,1-3H3. The first-order valence-corrected chi connectivity index (χ1v) is 10.7. The van der Waals surface area contributed by atoms with Gasteiger partial charge >= 0.3 is 0 Å². The van der Waals surface area contributed by atoms with Crippen molar-refractivity contribution in [2.24, 2.45) is 0 Å². The number of rotatable bonds is 5. The van der Waals surface area contributed by atoms with E-state index < -0.39 is 28.9 Å². The molecule has 1 N–H and O–H groups in total. The molecule has 2 aromatic rings. The van der Waals surface area contributed by atoms with Crippen molar-refractivity contribution in [3.8, 4) is 0 Å². The minimum absolute atomic E-state index is 0.189. The van der Waals surface area contributed by atoms with Crippen LogP contribution >= 0.6 is 11.6 Å². The number of hydrogen-bond donors (Lipinski definition) is 1. The lowest BCUT2D eigenvalue weighted by Crippen LogP contribution is -2.51. The van der Waals surface area contributed by atoms with Crippen molar-refractivity contribution in [3.05, 3.63) is 70.3 Å². The maximum atomic E-state index is 13.8. The highest BCUT2D eigenvalue weighted by molar-refractivity contribution is 6.50. The van der Waals surface area contributed by atoms with E-state index >= 15 is 0 Å². The first kappa shape index (κ1) is 22.0. The number of anilines is 1. The van der Waals surface area contributed by atoms with Crippen LogP contribution in [0.25, 0.3) is 5.76 Å². The van der Waals surface area contributed by atoms with Gasteiger partial charge in [0.05, 0.1) is 5.57 Å². The first-order chi connectivity index (χ1) is 15.2. The Kier molecular flexibility index (Phi) is 5.56. The fourth-order valence-electron chi connectivity index (χ4n) is 4.57. The molecule has 0 bridgehead atoms. The number of para-hydroxylation sites is 1. The minimum atomic E-state index is -1.71. The Morgan fingerprint density at radius 3 is 2.38 bits per heavy atom. The predicted molar refractivity (Wildman–Crippen MR) is 122 cm³/mol. The number of fused-ring (bicyclic) bond motifs is 2. The maximum Gasteiger partial charge on any atom is 0.296 e. The third-order valence-corrected chi connectivity index (χ3v) is 6.30. The molecular weight excluding hydrogens is 430 g/mol. The average molecular weight is 454 g/mol. The van der Waals surface area contributed by atoms with Crippen LogP contribution < -0.4 is 4.90 Å². The van der Waals surface area contributed by atoms with Gasteiger partial charge in [0.15, 0.2) is 5.54 Å². The Morgan fingerprint density at radius 1 is 1.06 bits per heavy atom. The van der Waals surface area contributed by atoms with E-state index in [-0.39, 0.29) is 12.1 Å². The van der Waals surface area contributed by atoms with Gasteiger partial charge in [0.25, 0.3) is 17.6 Å². The third-order valence-electron chi connectivity index (χ3n) is 6.04. The van der Waals surface area contributed by atoms with E-state index in [0.29, 0.717) is 34.8 Å². The Hall–Kier alpha value is -3.16.